The smallest absolute Gasteiger partial charge is 0.378 e. The lowest BCUT2D eigenvalue weighted by atomic mass is 10.1. The highest BCUT2D eigenvalue weighted by Crippen LogP contribution is 2.31. The Morgan fingerprint density at radius 3 is 2.67 bits per heavy atom. The molecule has 2 heterocycles. The predicted molar refractivity (Wildman–Crippen MR) is 110 cm³/mol. The molecule has 33 heavy (non-hydrogen) atoms. The van der Waals surface area contributed by atoms with Gasteiger partial charge in [-0.1, -0.05) is 0 Å². The van der Waals surface area contributed by atoms with E-state index < -0.39 is 51.3 Å². The van der Waals surface area contributed by atoms with Crippen molar-refractivity contribution in [3.63, 3.8) is 0 Å². The number of amides is 1. The quantitative estimate of drug-likeness (QED) is 0.569. The molecule has 0 bridgehead atoms. The molecule has 14 heteroatoms. The number of ether oxygens (including phenoxy) is 1. The van der Waals surface area contributed by atoms with Gasteiger partial charge in [0.05, 0.1) is 18.8 Å². The van der Waals surface area contributed by atoms with Gasteiger partial charge in [0.15, 0.2) is 0 Å². The summed E-state index contributed by atoms with van der Waals surface area (Å²) in [7, 11) is -3.13. The van der Waals surface area contributed by atoms with Crippen LogP contribution in [0.1, 0.15) is 26.9 Å². The summed E-state index contributed by atoms with van der Waals surface area (Å²) in [6.45, 7) is -0.166. The van der Waals surface area contributed by atoms with Crippen molar-refractivity contribution in [1.82, 2.24) is 14.6 Å². The van der Waals surface area contributed by atoms with E-state index in [0.29, 0.717) is 16.6 Å². The number of hydrogen-bond acceptors (Lipinski definition) is 6. The molecule has 3 rings (SSSR count). The minimum Gasteiger partial charge on any atom is -0.378 e. The van der Waals surface area contributed by atoms with Gasteiger partial charge < -0.3 is 15.4 Å². The maximum absolute atomic E-state index is 14.6. The Hall–Kier alpha value is -3.26. The third-order valence-electron chi connectivity index (χ3n) is 4.79. The number of halogens is 4. The molecule has 0 unspecified atom stereocenters. The molecule has 178 valence electrons. The van der Waals surface area contributed by atoms with Gasteiger partial charge in [0.25, 0.3) is 5.91 Å². The van der Waals surface area contributed by atoms with E-state index in [1.807, 2.05) is 0 Å². The van der Waals surface area contributed by atoms with Gasteiger partial charge in [-0.2, -0.15) is 13.2 Å². The fraction of sp³-hybridized carbons (Fsp3) is 0.316. The van der Waals surface area contributed by atoms with Gasteiger partial charge in [-0.25, -0.2) is 17.1 Å². The Balaban J connectivity index is 1.89. The van der Waals surface area contributed by atoms with Gasteiger partial charge in [-0.15, -0.1) is 0 Å². The summed E-state index contributed by atoms with van der Waals surface area (Å²) < 4.78 is 84.6. The molecule has 1 aromatic carbocycles. The molecule has 9 nitrogen and oxygen atoms in total. The average molecular weight is 489 g/mol. The second-order valence-corrected chi connectivity index (χ2v) is 9.12. The number of rotatable bonds is 3. The Bertz CT molecular complexity index is 1160. The van der Waals surface area contributed by atoms with Crippen LogP contribution in [0.15, 0.2) is 36.5 Å². The van der Waals surface area contributed by atoms with Gasteiger partial charge in [-0.05, 0) is 30.3 Å². The fourth-order valence-corrected chi connectivity index (χ4v) is 4.43. The van der Waals surface area contributed by atoms with Crippen LogP contribution in [0.3, 0.4) is 0 Å². The molecule has 3 N–H and O–H groups in total. The minimum atomic E-state index is -4.61. The number of hydrogen-bond donors (Lipinski definition) is 3. The summed E-state index contributed by atoms with van der Waals surface area (Å²) in [5, 5.41) is 11.2. The third kappa shape index (κ3) is 5.39. The zero-order valence-electron chi connectivity index (χ0n) is 17.1. The maximum Gasteiger partial charge on any atom is 0.417 e. The molecule has 0 saturated carbocycles. The van der Waals surface area contributed by atoms with E-state index in [1.54, 1.807) is 0 Å². The number of aromatic nitrogens is 1. The van der Waals surface area contributed by atoms with Crippen molar-refractivity contribution in [2.24, 2.45) is 0 Å². The van der Waals surface area contributed by atoms with Crippen LogP contribution >= 0.6 is 0 Å². The zero-order valence-corrected chi connectivity index (χ0v) is 17.9. The van der Waals surface area contributed by atoms with Crippen molar-refractivity contribution in [2.75, 3.05) is 32.1 Å². The summed E-state index contributed by atoms with van der Waals surface area (Å²) in [6.07, 6.45) is -4.11. The van der Waals surface area contributed by atoms with Crippen LogP contribution in [0.5, 0.6) is 0 Å². The van der Waals surface area contributed by atoms with Crippen molar-refractivity contribution in [3.05, 3.63) is 59.2 Å². The van der Waals surface area contributed by atoms with Crippen molar-refractivity contribution >= 4 is 27.6 Å². The topological polar surface area (TPSA) is 124 Å². The number of benzene rings is 1. The Morgan fingerprint density at radius 2 is 2.03 bits per heavy atom. The van der Waals surface area contributed by atoms with Crippen molar-refractivity contribution in [1.29, 1.82) is 5.41 Å². The molecular weight excluding hydrogens is 470 g/mol. The number of sulfonamides is 1. The monoisotopic (exact) mass is 489 g/mol. The highest BCUT2D eigenvalue weighted by molar-refractivity contribution is 7.89. The molecule has 0 aliphatic carbocycles. The van der Waals surface area contributed by atoms with Gasteiger partial charge in [-0.3, -0.25) is 15.2 Å². The molecule has 2 aromatic rings. The minimum absolute atomic E-state index is 0.0102. The van der Waals surface area contributed by atoms with Gasteiger partial charge in [0.1, 0.15) is 16.8 Å². The van der Waals surface area contributed by atoms with E-state index in [2.05, 4.69) is 15.6 Å². The number of carbonyl (C=O) groups excluding carboxylic acids is 1. The van der Waals surface area contributed by atoms with E-state index in [0.717, 1.165) is 31.3 Å². The largest absolute Gasteiger partial charge is 0.417 e. The molecule has 1 fully saturated rings. The number of alkyl halides is 3. The average Bonchev–Trinajstić information content (AvgIpc) is 2.80. The number of nitrogens with zero attached hydrogens (tertiary/aromatic N) is 2. The van der Waals surface area contributed by atoms with E-state index in [1.165, 1.54) is 0 Å². The summed E-state index contributed by atoms with van der Waals surface area (Å²) in [6, 6.07) is 4.77. The normalized spacial score (nSPS) is 19.1. The van der Waals surface area contributed by atoms with E-state index in [4.69, 9.17) is 10.1 Å². The molecule has 0 radical (unpaired) electrons. The number of pyridine rings is 1. The summed E-state index contributed by atoms with van der Waals surface area (Å²) in [5.41, 5.74) is -1.68. The molecule has 1 atom stereocenters. The molecule has 1 aliphatic heterocycles. The molecule has 1 aromatic heterocycles. The number of anilines is 1. The van der Waals surface area contributed by atoms with Crippen LogP contribution in [0, 0.1) is 11.2 Å². The molecule has 1 aliphatic rings. The first-order valence-electron chi connectivity index (χ1n) is 9.43. The summed E-state index contributed by atoms with van der Waals surface area (Å²) >= 11 is 0. The van der Waals surface area contributed by atoms with Crippen molar-refractivity contribution in [2.45, 2.75) is 11.4 Å². The van der Waals surface area contributed by atoms with Crippen molar-refractivity contribution < 1.29 is 35.5 Å². The van der Waals surface area contributed by atoms with Gasteiger partial charge in [0, 0.05) is 31.0 Å². The van der Waals surface area contributed by atoms with E-state index in [-0.39, 0.29) is 30.1 Å². The second-order valence-electron chi connectivity index (χ2n) is 6.97. The predicted octanol–water partition coefficient (Wildman–Crippen LogP) is 2.35. The van der Waals surface area contributed by atoms with E-state index >= 15 is 0 Å². The fourth-order valence-electron chi connectivity index (χ4n) is 2.96. The van der Waals surface area contributed by atoms with Crippen LogP contribution in [-0.4, -0.2) is 56.4 Å². The van der Waals surface area contributed by atoms with Crippen molar-refractivity contribution in [3.8, 4) is 0 Å². The molecule has 1 saturated heterocycles. The molecule has 1 amide bonds. The van der Waals surface area contributed by atoms with Crippen LogP contribution in [0.25, 0.3) is 0 Å². The SMILES string of the molecule is CN1C(=N)NCCOC[C@H](c2cc(NC(=O)c3ccc(C(F)(F)F)cn3)ccc2F)S1(=O)=O. The highest BCUT2D eigenvalue weighted by atomic mass is 32.2. The van der Waals surface area contributed by atoms with Gasteiger partial charge >= 0.3 is 6.18 Å². The summed E-state index contributed by atoms with van der Waals surface area (Å²) in [5.74, 6) is -2.17. The Morgan fingerprint density at radius 1 is 1.30 bits per heavy atom. The second kappa shape index (κ2) is 9.31. The lowest BCUT2D eigenvalue weighted by Gasteiger charge is -2.25. The maximum atomic E-state index is 14.6. The molecular formula is C19H19F4N5O4S. The van der Waals surface area contributed by atoms with Crippen LogP contribution in [-0.2, 0) is 20.9 Å². The third-order valence-corrected chi connectivity index (χ3v) is 6.84. The first-order chi connectivity index (χ1) is 15.4. The lowest BCUT2D eigenvalue weighted by molar-refractivity contribution is -0.137. The Labute approximate surface area is 186 Å². The van der Waals surface area contributed by atoms with Crippen LogP contribution < -0.4 is 10.6 Å². The summed E-state index contributed by atoms with van der Waals surface area (Å²) in [4.78, 5) is 15.9. The number of guanidine groups is 1. The Kier molecular flexibility index (Phi) is 6.88. The highest BCUT2D eigenvalue weighted by Gasteiger charge is 2.36. The number of nitrogens with one attached hydrogen (secondary N) is 3. The van der Waals surface area contributed by atoms with Crippen LogP contribution in [0.4, 0.5) is 23.2 Å². The number of carbonyl (C=O) groups is 1. The lowest BCUT2D eigenvalue weighted by Crippen LogP contribution is -2.43. The van der Waals surface area contributed by atoms with E-state index in [9.17, 15) is 30.8 Å². The van der Waals surface area contributed by atoms with Gasteiger partial charge in [0.2, 0.25) is 16.0 Å². The zero-order chi connectivity index (χ0) is 24.4. The molecule has 0 spiro atoms. The van der Waals surface area contributed by atoms with Crippen LogP contribution in [0.2, 0.25) is 0 Å². The first-order valence-corrected chi connectivity index (χ1v) is 10.9. The first kappa shape index (κ1) is 24.4. The standard InChI is InChI=1S/C19H19F4N5O4S/c1-28-18(24)25-6-7-32-10-16(33(28,30)31)13-8-12(3-4-14(13)20)27-17(29)15-5-2-11(9-26-15)19(21,22)23/h2-5,8-9,16H,6-7,10H2,1H3,(H2,24,25)(H,27,29)/t16-/m1/s1.